The third kappa shape index (κ3) is 2.55. The Labute approximate surface area is 127 Å². The number of ketones is 1. The quantitative estimate of drug-likeness (QED) is 0.588. The molecule has 21 heavy (non-hydrogen) atoms. The molecule has 0 aromatic heterocycles. The SMILES string of the molecule is CC1(C)OB(c2ccc3c(c2)CCCCC3=O)OC1(C)C. The van der Waals surface area contributed by atoms with Crippen molar-refractivity contribution in [3.63, 3.8) is 0 Å². The van der Waals surface area contributed by atoms with Crippen LogP contribution in [0.4, 0.5) is 0 Å². The lowest BCUT2D eigenvalue weighted by Crippen LogP contribution is -2.41. The van der Waals surface area contributed by atoms with E-state index in [0.717, 1.165) is 35.9 Å². The summed E-state index contributed by atoms with van der Waals surface area (Å²) < 4.78 is 12.2. The van der Waals surface area contributed by atoms with Gasteiger partial charge in [0.15, 0.2) is 5.78 Å². The van der Waals surface area contributed by atoms with E-state index in [9.17, 15) is 4.79 Å². The van der Waals surface area contributed by atoms with Gasteiger partial charge in [-0.25, -0.2) is 0 Å². The highest BCUT2D eigenvalue weighted by Crippen LogP contribution is 2.36. The molecule has 112 valence electrons. The van der Waals surface area contributed by atoms with Gasteiger partial charge in [0.2, 0.25) is 0 Å². The molecule has 1 fully saturated rings. The topological polar surface area (TPSA) is 35.5 Å². The Hall–Kier alpha value is -1.13. The fourth-order valence-electron chi connectivity index (χ4n) is 2.95. The summed E-state index contributed by atoms with van der Waals surface area (Å²) in [7, 11) is -0.348. The van der Waals surface area contributed by atoms with Crippen LogP contribution in [0.2, 0.25) is 0 Å². The Morgan fingerprint density at radius 3 is 2.29 bits per heavy atom. The molecule has 1 aromatic rings. The van der Waals surface area contributed by atoms with E-state index < -0.39 is 0 Å². The first-order valence-corrected chi connectivity index (χ1v) is 7.82. The number of fused-ring (bicyclic) bond motifs is 1. The fourth-order valence-corrected chi connectivity index (χ4v) is 2.95. The lowest BCUT2D eigenvalue weighted by atomic mass is 9.77. The van der Waals surface area contributed by atoms with Gasteiger partial charge in [-0.1, -0.05) is 18.2 Å². The molecule has 0 radical (unpaired) electrons. The van der Waals surface area contributed by atoms with Gasteiger partial charge < -0.3 is 9.31 Å². The summed E-state index contributed by atoms with van der Waals surface area (Å²) in [5.74, 6) is 0.267. The van der Waals surface area contributed by atoms with E-state index in [1.54, 1.807) is 0 Å². The summed E-state index contributed by atoms with van der Waals surface area (Å²) in [5.41, 5.74) is 2.38. The maximum absolute atomic E-state index is 12.1. The average Bonchev–Trinajstić information content (AvgIpc) is 2.54. The van der Waals surface area contributed by atoms with Crippen LogP contribution < -0.4 is 5.46 Å². The molecule has 0 amide bonds. The Morgan fingerprint density at radius 2 is 1.62 bits per heavy atom. The predicted molar refractivity (Wildman–Crippen MR) is 84.0 cm³/mol. The van der Waals surface area contributed by atoms with Crippen molar-refractivity contribution in [1.82, 2.24) is 0 Å². The van der Waals surface area contributed by atoms with Gasteiger partial charge in [-0.2, -0.15) is 0 Å². The van der Waals surface area contributed by atoms with E-state index >= 15 is 0 Å². The molecule has 4 heteroatoms. The van der Waals surface area contributed by atoms with Crippen molar-refractivity contribution in [2.24, 2.45) is 0 Å². The Balaban J connectivity index is 1.92. The monoisotopic (exact) mass is 286 g/mol. The molecule has 1 heterocycles. The zero-order chi connectivity index (χ0) is 15.3. The van der Waals surface area contributed by atoms with Gasteiger partial charge in [0.25, 0.3) is 0 Å². The number of benzene rings is 1. The maximum atomic E-state index is 12.1. The molecule has 0 spiro atoms. The second-order valence-electron chi connectivity index (χ2n) is 7.14. The van der Waals surface area contributed by atoms with Crippen LogP contribution in [0.15, 0.2) is 18.2 Å². The number of aryl methyl sites for hydroxylation is 1. The molecule has 3 rings (SSSR count). The maximum Gasteiger partial charge on any atom is 0.494 e. The third-order valence-corrected chi connectivity index (χ3v) is 5.06. The first-order valence-electron chi connectivity index (χ1n) is 7.82. The van der Waals surface area contributed by atoms with Crippen molar-refractivity contribution in [2.75, 3.05) is 0 Å². The van der Waals surface area contributed by atoms with Crippen LogP contribution in [-0.4, -0.2) is 24.1 Å². The highest BCUT2D eigenvalue weighted by Gasteiger charge is 2.51. The summed E-state index contributed by atoms with van der Waals surface area (Å²) >= 11 is 0. The van der Waals surface area contributed by atoms with Gasteiger partial charge in [-0.15, -0.1) is 0 Å². The predicted octanol–water partition coefficient (Wildman–Crippen LogP) is 2.89. The van der Waals surface area contributed by atoms with Crippen molar-refractivity contribution >= 4 is 18.4 Å². The molecule has 0 saturated carbocycles. The molecule has 3 nitrogen and oxygen atoms in total. The van der Waals surface area contributed by atoms with Gasteiger partial charge in [0.05, 0.1) is 11.2 Å². The van der Waals surface area contributed by atoms with E-state index in [2.05, 4.69) is 33.8 Å². The molecule has 0 N–H and O–H groups in total. The van der Waals surface area contributed by atoms with Crippen LogP contribution in [0.25, 0.3) is 0 Å². The Morgan fingerprint density at radius 1 is 1.00 bits per heavy atom. The van der Waals surface area contributed by atoms with Crippen LogP contribution in [0.3, 0.4) is 0 Å². The van der Waals surface area contributed by atoms with Gasteiger partial charge in [0.1, 0.15) is 0 Å². The lowest BCUT2D eigenvalue weighted by molar-refractivity contribution is 0.00578. The third-order valence-electron chi connectivity index (χ3n) is 5.06. The van der Waals surface area contributed by atoms with Gasteiger partial charge >= 0.3 is 7.12 Å². The molecule has 0 bridgehead atoms. The highest BCUT2D eigenvalue weighted by molar-refractivity contribution is 6.62. The van der Waals surface area contributed by atoms with E-state index in [0.29, 0.717) is 6.42 Å². The summed E-state index contributed by atoms with van der Waals surface area (Å²) in [6.45, 7) is 8.22. The van der Waals surface area contributed by atoms with Crippen LogP contribution in [0.5, 0.6) is 0 Å². The van der Waals surface area contributed by atoms with E-state index in [1.807, 2.05) is 12.1 Å². The minimum Gasteiger partial charge on any atom is -0.399 e. The minimum atomic E-state index is -0.348. The standard InChI is InChI=1S/C17H23BO3/c1-16(2)17(3,4)21-18(20-16)13-9-10-14-12(11-13)7-5-6-8-15(14)19/h9-11H,5-8H2,1-4H3. The molecule has 1 aliphatic heterocycles. The number of carbonyl (C=O) groups is 1. The first-order chi connectivity index (χ1) is 9.80. The number of hydrogen-bond donors (Lipinski definition) is 0. The minimum absolute atomic E-state index is 0.267. The molecule has 1 aliphatic carbocycles. The Bertz CT molecular complexity index is 561. The van der Waals surface area contributed by atoms with Gasteiger partial charge in [0, 0.05) is 12.0 Å². The Kier molecular flexibility index (Phi) is 3.49. The summed E-state index contributed by atoms with van der Waals surface area (Å²) in [5, 5.41) is 0. The molecule has 1 saturated heterocycles. The van der Waals surface area contributed by atoms with Crippen LogP contribution >= 0.6 is 0 Å². The van der Waals surface area contributed by atoms with Gasteiger partial charge in [-0.3, -0.25) is 4.79 Å². The van der Waals surface area contributed by atoms with Crippen molar-refractivity contribution in [2.45, 2.75) is 64.6 Å². The highest BCUT2D eigenvalue weighted by atomic mass is 16.7. The normalized spacial score (nSPS) is 23.8. The van der Waals surface area contributed by atoms with E-state index in [1.165, 1.54) is 0 Å². The van der Waals surface area contributed by atoms with Crippen molar-refractivity contribution in [1.29, 1.82) is 0 Å². The second-order valence-corrected chi connectivity index (χ2v) is 7.14. The second kappa shape index (κ2) is 4.96. The zero-order valence-electron chi connectivity index (χ0n) is 13.4. The van der Waals surface area contributed by atoms with Crippen molar-refractivity contribution in [3.05, 3.63) is 29.3 Å². The number of rotatable bonds is 1. The molecular weight excluding hydrogens is 263 g/mol. The van der Waals surface area contributed by atoms with E-state index in [4.69, 9.17) is 9.31 Å². The zero-order valence-corrected chi connectivity index (χ0v) is 13.4. The molecule has 1 aromatic carbocycles. The van der Waals surface area contributed by atoms with E-state index in [-0.39, 0.29) is 24.1 Å². The number of carbonyl (C=O) groups excluding carboxylic acids is 1. The smallest absolute Gasteiger partial charge is 0.399 e. The summed E-state index contributed by atoms with van der Waals surface area (Å²) in [6, 6.07) is 6.02. The largest absolute Gasteiger partial charge is 0.494 e. The molecule has 0 atom stereocenters. The van der Waals surface area contributed by atoms with Gasteiger partial charge in [-0.05, 0) is 58.0 Å². The average molecular weight is 286 g/mol. The summed E-state index contributed by atoms with van der Waals surface area (Å²) in [4.78, 5) is 12.1. The van der Waals surface area contributed by atoms with Crippen molar-refractivity contribution in [3.8, 4) is 0 Å². The summed E-state index contributed by atoms with van der Waals surface area (Å²) in [6.07, 6.45) is 3.70. The molecule has 2 aliphatic rings. The van der Waals surface area contributed by atoms with Crippen LogP contribution in [-0.2, 0) is 15.7 Å². The lowest BCUT2D eigenvalue weighted by Gasteiger charge is -2.32. The van der Waals surface area contributed by atoms with Crippen LogP contribution in [0, 0.1) is 0 Å². The van der Waals surface area contributed by atoms with Crippen LogP contribution in [0.1, 0.15) is 62.9 Å². The van der Waals surface area contributed by atoms with Crippen molar-refractivity contribution < 1.29 is 14.1 Å². The number of hydrogen-bond acceptors (Lipinski definition) is 3. The molecular formula is C17H23BO3. The molecule has 0 unspecified atom stereocenters. The first kappa shape index (κ1) is 14.8. The fraction of sp³-hybridized carbons (Fsp3) is 0.588. The number of Topliss-reactive ketones (excluding diaryl/α,β-unsaturated/α-hetero) is 1.